The summed E-state index contributed by atoms with van der Waals surface area (Å²) in [5.74, 6) is 1.11. The molecule has 0 heterocycles. The average Bonchev–Trinajstić information content (AvgIpc) is 2.20. The first-order chi connectivity index (χ1) is 7.09. The fraction of sp³-hybridized carbons (Fsp3) is 0.917. The van der Waals surface area contributed by atoms with Crippen LogP contribution < -0.4 is 5.32 Å². The molecule has 3 nitrogen and oxygen atoms in total. The van der Waals surface area contributed by atoms with Gasteiger partial charge in [0.25, 0.3) is 0 Å². The summed E-state index contributed by atoms with van der Waals surface area (Å²) in [4.78, 5) is 13.0. The number of carbonyl (C=O) groups excluding carboxylic acids is 1. The Bertz CT molecular complexity index is 196. The van der Waals surface area contributed by atoms with Gasteiger partial charge in [-0.05, 0) is 31.6 Å². The number of nitrogens with one attached hydrogen (secondary N) is 1. The van der Waals surface area contributed by atoms with Crippen LogP contribution in [0, 0.1) is 5.92 Å². The highest BCUT2D eigenvalue weighted by Crippen LogP contribution is 2.23. The van der Waals surface area contributed by atoms with Gasteiger partial charge in [-0.2, -0.15) is 0 Å². The standard InChI is InChI=1S/C12H24N2O/c1-10-4-6-11(7-5-10)13-9-8-12(15)14(2)3/h10-11,13H,4-9H2,1-3H3. The van der Waals surface area contributed by atoms with Crippen LogP contribution in [0.15, 0.2) is 0 Å². The molecule has 0 saturated heterocycles. The van der Waals surface area contributed by atoms with Crippen molar-refractivity contribution in [2.75, 3.05) is 20.6 Å². The van der Waals surface area contributed by atoms with Crippen LogP contribution in [0.1, 0.15) is 39.0 Å². The van der Waals surface area contributed by atoms with E-state index in [0.717, 1.165) is 12.5 Å². The maximum atomic E-state index is 11.3. The molecule has 3 heteroatoms. The van der Waals surface area contributed by atoms with Gasteiger partial charge in [-0.3, -0.25) is 4.79 Å². The summed E-state index contributed by atoms with van der Waals surface area (Å²) in [6.45, 7) is 3.15. The molecule has 0 atom stereocenters. The Morgan fingerprint density at radius 2 is 1.87 bits per heavy atom. The fourth-order valence-electron chi connectivity index (χ4n) is 2.07. The molecule has 1 rings (SSSR count). The van der Waals surface area contributed by atoms with Gasteiger partial charge < -0.3 is 10.2 Å². The minimum atomic E-state index is 0.215. The molecule has 0 aromatic rings. The van der Waals surface area contributed by atoms with E-state index in [1.54, 1.807) is 4.90 Å². The predicted octanol–water partition coefficient (Wildman–Crippen LogP) is 1.63. The van der Waals surface area contributed by atoms with Crippen LogP contribution in [0.3, 0.4) is 0 Å². The van der Waals surface area contributed by atoms with Crippen molar-refractivity contribution >= 4 is 5.91 Å². The van der Waals surface area contributed by atoms with Crippen LogP contribution in [0.5, 0.6) is 0 Å². The Morgan fingerprint density at radius 1 is 1.27 bits per heavy atom. The van der Waals surface area contributed by atoms with E-state index in [4.69, 9.17) is 0 Å². The first-order valence-corrected chi connectivity index (χ1v) is 6.03. The quantitative estimate of drug-likeness (QED) is 0.768. The molecule has 1 aliphatic rings. The number of hydrogen-bond acceptors (Lipinski definition) is 2. The summed E-state index contributed by atoms with van der Waals surface area (Å²) in [7, 11) is 3.62. The van der Waals surface area contributed by atoms with Crippen LogP contribution in [-0.4, -0.2) is 37.5 Å². The second-order valence-corrected chi connectivity index (χ2v) is 4.95. The van der Waals surface area contributed by atoms with Gasteiger partial charge in [0.05, 0.1) is 0 Å². The largest absolute Gasteiger partial charge is 0.349 e. The summed E-state index contributed by atoms with van der Waals surface area (Å²) in [5.41, 5.74) is 0. The van der Waals surface area contributed by atoms with E-state index in [9.17, 15) is 4.79 Å². The van der Waals surface area contributed by atoms with Crippen molar-refractivity contribution in [2.45, 2.75) is 45.1 Å². The van der Waals surface area contributed by atoms with Gasteiger partial charge in [0.15, 0.2) is 0 Å². The molecular weight excluding hydrogens is 188 g/mol. The zero-order chi connectivity index (χ0) is 11.3. The minimum Gasteiger partial charge on any atom is -0.349 e. The first kappa shape index (κ1) is 12.5. The van der Waals surface area contributed by atoms with Crippen LogP contribution in [0.25, 0.3) is 0 Å². The Hall–Kier alpha value is -0.570. The number of nitrogens with zero attached hydrogens (tertiary/aromatic N) is 1. The molecule has 1 amide bonds. The molecule has 15 heavy (non-hydrogen) atoms. The summed E-state index contributed by atoms with van der Waals surface area (Å²) < 4.78 is 0. The molecule has 1 saturated carbocycles. The van der Waals surface area contributed by atoms with Crippen LogP contribution in [0.4, 0.5) is 0 Å². The average molecular weight is 212 g/mol. The summed E-state index contributed by atoms with van der Waals surface area (Å²) in [5, 5.41) is 3.48. The van der Waals surface area contributed by atoms with E-state index < -0.39 is 0 Å². The maximum Gasteiger partial charge on any atom is 0.223 e. The van der Waals surface area contributed by atoms with E-state index in [0.29, 0.717) is 12.5 Å². The van der Waals surface area contributed by atoms with Crippen molar-refractivity contribution in [1.29, 1.82) is 0 Å². The van der Waals surface area contributed by atoms with Gasteiger partial charge in [-0.1, -0.05) is 6.92 Å². The number of hydrogen-bond donors (Lipinski definition) is 1. The van der Waals surface area contributed by atoms with Crippen LogP contribution >= 0.6 is 0 Å². The van der Waals surface area contributed by atoms with Gasteiger partial charge in [-0.25, -0.2) is 0 Å². The molecule has 1 N–H and O–H groups in total. The fourth-order valence-corrected chi connectivity index (χ4v) is 2.07. The lowest BCUT2D eigenvalue weighted by Crippen LogP contribution is -2.35. The lowest BCUT2D eigenvalue weighted by Gasteiger charge is -2.27. The van der Waals surface area contributed by atoms with Crippen molar-refractivity contribution in [2.24, 2.45) is 5.92 Å². The van der Waals surface area contributed by atoms with Gasteiger partial charge in [0.2, 0.25) is 5.91 Å². The number of amides is 1. The number of rotatable bonds is 4. The third-order valence-electron chi connectivity index (χ3n) is 3.29. The van der Waals surface area contributed by atoms with E-state index in [-0.39, 0.29) is 5.91 Å². The molecule has 1 fully saturated rings. The second-order valence-electron chi connectivity index (χ2n) is 4.95. The minimum absolute atomic E-state index is 0.215. The van der Waals surface area contributed by atoms with E-state index in [2.05, 4.69) is 12.2 Å². The molecule has 0 aromatic carbocycles. The smallest absolute Gasteiger partial charge is 0.223 e. The zero-order valence-corrected chi connectivity index (χ0v) is 10.3. The first-order valence-electron chi connectivity index (χ1n) is 6.03. The van der Waals surface area contributed by atoms with E-state index in [1.807, 2.05) is 14.1 Å². The van der Waals surface area contributed by atoms with Crippen molar-refractivity contribution in [3.63, 3.8) is 0 Å². The summed E-state index contributed by atoms with van der Waals surface area (Å²) in [6, 6.07) is 0.649. The third kappa shape index (κ3) is 4.65. The highest BCUT2D eigenvalue weighted by atomic mass is 16.2. The van der Waals surface area contributed by atoms with E-state index >= 15 is 0 Å². The van der Waals surface area contributed by atoms with Crippen molar-refractivity contribution in [1.82, 2.24) is 10.2 Å². The van der Waals surface area contributed by atoms with Crippen LogP contribution in [-0.2, 0) is 4.79 Å². The van der Waals surface area contributed by atoms with Crippen molar-refractivity contribution < 1.29 is 4.79 Å². The molecular formula is C12H24N2O. The molecule has 0 aliphatic heterocycles. The van der Waals surface area contributed by atoms with Gasteiger partial charge in [-0.15, -0.1) is 0 Å². The lowest BCUT2D eigenvalue weighted by atomic mass is 9.87. The maximum absolute atomic E-state index is 11.3. The predicted molar refractivity (Wildman–Crippen MR) is 62.7 cm³/mol. The Morgan fingerprint density at radius 3 is 2.40 bits per heavy atom. The molecule has 0 aromatic heterocycles. The summed E-state index contributed by atoms with van der Waals surface area (Å²) >= 11 is 0. The molecule has 1 aliphatic carbocycles. The monoisotopic (exact) mass is 212 g/mol. The Balaban J connectivity index is 2.08. The second kappa shape index (κ2) is 6.11. The molecule has 0 spiro atoms. The zero-order valence-electron chi connectivity index (χ0n) is 10.3. The van der Waals surface area contributed by atoms with Crippen molar-refractivity contribution in [3.8, 4) is 0 Å². The van der Waals surface area contributed by atoms with Crippen molar-refractivity contribution in [3.05, 3.63) is 0 Å². The van der Waals surface area contributed by atoms with Crippen LogP contribution in [0.2, 0.25) is 0 Å². The van der Waals surface area contributed by atoms with Gasteiger partial charge >= 0.3 is 0 Å². The Kier molecular flexibility index (Phi) is 5.09. The highest BCUT2D eigenvalue weighted by molar-refractivity contribution is 5.75. The van der Waals surface area contributed by atoms with Gasteiger partial charge in [0, 0.05) is 33.1 Å². The Labute approximate surface area is 93.2 Å². The molecule has 0 bridgehead atoms. The molecule has 0 unspecified atom stereocenters. The lowest BCUT2D eigenvalue weighted by molar-refractivity contribution is -0.128. The highest BCUT2D eigenvalue weighted by Gasteiger charge is 2.17. The molecule has 88 valence electrons. The topological polar surface area (TPSA) is 32.3 Å². The van der Waals surface area contributed by atoms with Gasteiger partial charge in [0.1, 0.15) is 0 Å². The third-order valence-corrected chi connectivity index (χ3v) is 3.29. The normalized spacial score (nSPS) is 26.3. The summed E-state index contributed by atoms with van der Waals surface area (Å²) in [6.07, 6.45) is 5.84. The molecule has 0 radical (unpaired) electrons. The SMILES string of the molecule is CC1CCC(NCCC(=O)N(C)C)CC1. The number of carbonyl (C=O) groups is 1. The van der Waals surface area contributed by atoms with E-state index in [1.165, 1.54) is 25.7 Å².